The van der Waals surface area contributed by atoms with Crippen LogP contribution >= 0.6 is 0 Å². The van der Waals surface area contributed by atoms with E-state index in [4.69, 9.17) is 9.47 Å². The number of ether oxygens (including phenoxy) is 2. The lowest BCUT2D eigenvalue weighted by molar-refractivity contribution is 0.0586. The molecule has 0 radical (unpaired) electrons. The summed E-state index contributed by atoms with van der Waals surface area (Å²) < 4.78 is 11.1. The van der Waals surface area contributed by atoms with Crippen molar-refractivity contribution in [2.75, 3.05) is 46.1 Å². The van der Waals surface area contributed by atoms with Gasteiger partial charge in [-0.25, -0.2) is 0 Å². The summed E-state index contributed by atoms with van der Waals surface area (Å²) in [4.78, 5) is 2.52. The Morgan fingerprint density at radius 2 is 1.48 bits per heavy atom. The van der Waals surface area contributed by atoms with Crippen molar-refractivity contribution in [2.45, 2.75) is 66.0 Å². The van der Waals surface area contributed by atoms with E-state index in [1.165, 1.54) is 12.8 Å². The van der Waals surface area contributed by atoms with E-state index in [-0.39, 0.29) is 5.54 Å². The molecule has 0 spiro atoms. The average molecular weight is 303 g/mol. The minimum absolute atomic E-state index is 0.164. The Kier molecular flexibility index (Phi) is 12.3. The summed E-state index contributed by atoms with van der Waals surface area (Å²) in [5.74, 6) is 0. The van der Waals surface area contributed by atoms with Crippen molar-refractivity contribution in [1.29, 1.82) is 0 Å². The summed E-state index contributed by atoms with van der Waals surface area (Å²) in [6, 6.07) is 0.551. The van der Waals surface area contributed by atoms with E-state index in [0.717, 1.165) is 46.1 Å². The molecule has 0 saturated heterocycles. The highest BCUT2D eigenvalue weighted by atomic mass is 16.5. The first-order valence-electron chi connectivity index (χ1n) is 8.59. The van der Waals surface area contributed by atoms with Gasteiger partial charge in [0, 0.05) is 44.4 Å². The molecule has 0 fully saturated rings. The Labute approximate surface area is 132 Å². The zero-order valence-electron chi connectivity index (χ0n) is 15.2. The summed E-state index contributed by atoms with van der Waals surface area (Å²) in [6.45, 7) is 19.2. The molecule has 0 aromatic rings. The van der Waals surface area contributed by atoms with Gasteiger partial charge in [-0.3, -0.25) is 4.90 Å². The topological polar surface area (TPSA) is 33.7 Å². The van der Waals surface area contributed by atoms with Gasteiger partial charge in [0.05, 0.1) is 13.2 Å². The Morgan fingerprint density at radius 1 is 0.952 bits per heavy atom. The van der Waals surface area contributed by atoms with Crippen molar-refractivity contribution in [3.05, 3.63) is 0 Å². The van der Waals surface area contributed by atoms with Gasteiger partial charge in [0.1, 0.15) is 0 Å². The summed E-state index contributed by atoms with van der Waals surface area (Å²) in [7, 11) is 0. The molecule has 21 heavy (non-hydrogen) atoms. The number of nitrogens with one attached hydrogen (secondary N) is 1. The minimum Gasteiger partial charge on any atom is -0.380 e. The maximum Gasteiger partial charge on any atom is 0.0593 e. The Bertz CT molecular complexity index is 219. The lowest BCUT2D eigenvalue weighted by atomic mass is 10.1. The van der Waals surface area contributed by atoms with Gasteiger partial charge in [-0.2, -0.15) is 0 Å². The van der Waals surface area contributed by atoms with Gasteiger partial charge in [-0.1, -0.05) is 13.3 Å². The molecule has 0 aliphatic carbocycles. The maximum absolute atomic E-state index is 5.54. The largest absolute Gasteiger partial charge is 0.380 e. The third kappa shape index (κ3) is 12.1. The van der Waals surface area contributed by atoms with Crippen LogP contribution in [-0.4, -0.2) is 62.5 Å². The summed E-state index contributed by atoms with van der Waals surface area (Å²) in [5.41, 5.74) is 0.164. The molecule has 0 aliphatic rings. The number of rotatable bonds is 13. The maximum atomic E-state index is 5.54. The van der Waals surface area contributed by atoms with Crippen LogP contribution in [0.4, 0.5) is 0 Å². The van der Waals surface area contributed by atoms with Gasteiger partial charge < -0.3 is 14.8 Å². The molecular formula is C17H38N2O2. The van der Waals surface area contributed by atoms with Crippen molar-refractivity contribution >= 4 is 0 Å². The molecule has 0 aromatic heterocycles. The van der Waals surface area contributed by atoms with Crippen molar-refractivity contribution in [3.63, 3.8) is 0 Å². The lowest BCUT2D eigenvalue weighted by Gasteiger charge is -2.34. The summed E-state index contributed by atoms with van der Waals surface area (Å²) >= 11 is 0. The zero-order chi connectivity index (χ0) is 16.1. The highest BCUT2D eigenvalue weighted by molar-refractivity contribution is 4.79. The molecule has 1 unspecified atom stereocenters. The van der Waals surface area contributed by atoms with E-state index >= 15 is 0 Å². The van der Waals surface area contributed by atoms with Gasteiger partial charge in [-0.15, -0.1) is 0 Å². The molecule has 0 heterocycles. The fourth-order valence-electron chi connectivity index (χ4n) is 2.30. The second-order valence-electron chi connectivity index (χ2n) is 6.50. The predicted molar refractivity (Wildman–Crippen MR) is 91.0 cm³/mol. The van der Waals surface area contributed by atoms with E-state index in [0.29, 0.717) is 6.04 Å². The van der Waals surface area contributed by atoms with Crippen LogP contribution < -0.4 is 5.32 Å². The Balaban J connectivity index is 4.48. The van der Waals surface area contributed by atoms with Crippen LogP contribution in [0.1, 0.15) is 54.4 Å². The first-order valence-corrected chi connectivity index (χ1v) is 8.59. The molecule has 0 aromatic carbocycles. The molecule has 0 aliphatic heterocycles. The minimum atomic E-state index is 0.164. The number of hydrogen-bond donors (Lipinski definition) is 1. The van der Waals surface area contributed by atoms with E-state index in [1.807, 2.05) is 0 Å². The molecule has 0 saturated carbocycles. The number of hydrogen-bond acceptors (Lipinski definition) is 4. The van der Waals surface area contributed by atoms with Gasteiger partial charge >= 0.3 is 0 Å². The van der Waals surface area contributed by atoms with E-state index < -0.39 is 0 Å². The van der Waals surface area contributed by atoms with Crippen LogP contribution in [0.2, 0.25) is 0 Å². The first-order chi connectivity index (χ1) is 9.94. The van der Waals surface area contributed by atoms with Crippen molar-refractivity contribution in [2.24, 2.45) is 0 Å². The number of nitrogens with zero attached hydrogens (tertiary/aromatic N) is 1. The van der Waals surface area contributed by atoms with E-state index in [1.54, 1.807) is 0 Å². The molecule has 4 nitrogen and oxygen atoms in total. The SMILES string of the molecule is CCCC(CNC(C)(C)C)N(CCOCC)CCOCC. The predicted octanol–water partition coefficient (Wildman–Crippen LogP) is 2.92. The first kappa shape index (κ1) is 20.8. The summed E-state index contributed by atoms with van der Waals surface area (Å²) in [6.07, 6.45) is 2.41. The monoisotopic (exact) mass is 302 g/mol. The van der Waals surface area contributed by atoms with Crippen LogP contribution in [0.15, 0.2) is 0 Å². The molecule has 0 amide bonds. The third-order valence-corrected chi connectivity index (χ3v) is 3.46. The normalized spacial score (nSPS) is 13.9. The molecule has 0 bridgehead atoms. The van der Waals surface area contributed by atoms with Gasteiger partial charge in [0.15, 0.2) is 0 Å². The molecule has 1 atom stereocenters. The Morgan fingerprint density at radius 3 is 1.86 bits per heavy atom. The zero-order valence-corrected chi connectivity index (χ0v) is 15.2. The summed E-state index contributed by atoms with van der Waals surface area (Å²) in [5, 5.41) is 3.64. The molecule has 4 heteroatoms. The van der Waals surface area contributed by atoms with E-state index in [2.05, 4.69) is 51.8 Å². The smallest absolute Gasteiger partial charge is 0.0593 e. The van der Waals surface area contributed by atoms with Crippen LogP contribution in [0.3, 0.4) is 0 Å². The second-order valence-corrected chi connectivity index (χ2v) is 6.50. The van der Waals surface area contributed by atoms with Crippen molar-refractivity contribution in [3.8, 4) is 0 Å². The van der Waals surface area contributed by atoms with Gasteiger partial charge in [0.25, 0.3) is 0 Å². The standard InChI is InChI=1S/C17H38N2O2/c1-7-10-16(15-18-17(4,5)6)19(11-13-20-8-2)12-14-21-9-3/h16,18H,7-15H2,1-6H3. The molecule has 128 valence electrons. The molecule has 0 rings (SSSR count). The van der Waals surface area contributed by atoms with Crippen molar-refractivity contribution in [1.82, 2.24) is 10.2 Å². The van der Waals surface area contributed by atoms with Gasteiger partial charge in [0.2, 0.25) is 0 Å². The van der Waals surface area contributed by atoms with Gasteiger partial charge in [-0.05, 0) is 41.0 Å². The van der Waals surface area contributed by atoms with Crippen LogP contribution in [0, 0.1) is 0 Å². The quantitative estimate of drug-likeness (QED) is 0.530. The fraction of sp³-hybridized carbons (Fsp3) is 1.00. The van der Waals surface area contributed by atoms with Crippen molar-refractivity contribution < 1.29 is 9.47 Å². The van der Waals surface area contributed by atoms with Crippen LogP contribution in [-0.2, 0) is 9.47 Å². The Hall–Kier alpha value is -0.160. The third-order valence-electron chi connectivity index (χ3n) is 3.46. The van der Waals surface area contributed by atoms with Crippen LogP contribution in [0.5, 0.6) is 0 Å². The highest BCUT2D eigenvalue weighted by Crippen LogP contribution is 2.09. The molecule has 1 N–H and O–H groups in total. The highest BCUT2D eigenvalue weighted by Gasteiger charge is 2.20. The van der Waals surface area contributed by atoms with E-state index in [9.17, 15) is 0 Å². The average Bonchev–Trinajstić information content (AvgIpc) is 2.41. The fourth-order valence-corrected chi connectivity index (χ4v) is 2.30. The lowest BCUT2D eigenvalue weighted by Crippen LogP contribution is -2.49. The second kappa shape index (κ2) is 12.4. The molecular weight excluding hydrogens is 264 g/mol. The van der Waals surface area contributed by atoms with Crippen LogP contribution in [0.25, 0.3) is 0 Å².